The summed E-state index contributed by atoms with van der Waals surface area (Å²) in [5.41, 5.74) is 0.673. The van der Waals surface area contributed by atoms with Crippen LogP contribution in [0, 0.1) is 6.92 Å². The normalized spacial score (nSPS) is 12.1. The van der Waals surface area contributed by atoms with Gasteiger partial charge in [0.05, 0.1) is 18.1 Å². The van der Waals surface area contributed by atoms with Crippen molar-refractivity contribution in [3.05, 3.63) is 41.3 Å². The van der Waals surface area contributed by atoms with Gasteiger partial charge in [0.1, 0.15) is 33.7 Å². The highest BCUT2D eigenvalue weighted by Gasteiger charge is 2.18. The van der Waals surface area contributed by atoms with Crippen molar-refractivity contribution < 1.29 is 14.6 Å². The average Bonchev–Trinajstić information content (AvgIpc) is 2.92. The third kappa shape index (κ3) is 3.28. The SMILES string of the molecule is Cc1c(C(=O)O)sc2ncnc(NC[C@@H](C)Oc3cccnc3)c12. The number of ether oxygens (including phenoxy) is 1. The Bertz CT molecular complexity index is 866. The van der Waals surface area contributed by atoms with Gasteiger partial charge in [-0.05, 0) is 31.5 Å². The van der Waals surface area contributed by atoms with Crippen molar-refractivity contribution in [1.82, 2.24) is 15.0 Å². The zero-order chi connectivity index (χ0) is 17.1. The number of aromatic nitrogens is 3. The van der Waals surface area contributed by atoms with Crippen LogP contribution in [0.15, 0.2) is 30.9 Å². The molecule has 0 aliphatic heterocycles. The second kappa shape index (κ2) is 6.79. The number of aryl methyl sites for hydroxylation is 1. The lowest BCUT2D eigenvalue weighted by molar-refractivity contribution is 0.0701. The zero-order valence-corrected chi connectivity index (χ0v) is 14.0. The fourth-order valence-electron chi connectivity index (χ4n) is 2.34. The first-order valence-electron chi connectivity index (χ1n) is 7.34. The van der Waals surface area contributed by atoms with Gasteiger partial charge in [0, 0.05) is 6.20 Å². The molecule has 124 valence electrons. The van der Waals surface area contributed by atoms with Crippen molar-refractivity contribution in [2.24, 2.45) is 0 Å². The van der Waals surface area contributed by atoms with Gasteiger partial charge < -0.3 is 15.2 Å². The Hall–Kier alpha value is -2.74. The van der Waals surface area contributed by atoms with Crippen LogP contribution in [0.5, 0.6) is 5.75 Å². The van der Waals surface area contributed by atoms with Crippen LogP contribution in [0.4, 0.5) is 5.82 Å². The largest absolute Gasteiger partial charge is 0.487 e. The van der Waals surface area contributed by atoms with E-state index in [4.69, 9.17) is 4.74 Å². The minimum absolute atomic E-state index is 0.114. The molecule has 8 heteroatoms. The maximum atomic E-state index is 11.3. The predicted molar refractivity (Wildman–Crippen MR) is 91.9 cm³/mol. The fraction of sp³-hybridized carbons (Fsp3) is 0.250. The molecule has 3 aromatic heterocycles. The molecule has 0 radical (unpaired) electrons. The van der Waals surface area contributed by atoms with Crippen molar-refractivity contribution in [2.45, 2.75) is 20.0 Å². The molecule has 0 amide bonds. The summed E-state index contributed by atoms with van der Waals surface area (Å²) >= 11 is 1.15. The zero-order valence-electron chi connectivity index (χ0n) is 13.2. The minimum Gasteiger partial charge on any atom is -0.487 e. The number of carboxylic acids is 1. The van der Waals surface area contributed by atoms with Gasteiger partial charge in [-0.15, -0.1) is 11.3 Å². The highest BCUT2D eigenvalue weighted by molar-refractivity contribution is 7.20. The smallest absolute Gasteiger partial charge is 0.346 e. The first kappa shape index (κ1) is 16.1. The number of aromatic carboxylic acids is 1. The molecule has 0 unspecified atom stereocenters. The maximum absolute atomic E-state index is 11.3. The Morgan fingerprint density at radius 3 is 3.00 bits per heavy atom. The van der Waals surface area contributed by atoms with Crippen LogP contribution >= 0.6 is 11.3 Å². The topological polar surface area (TPSA) is 97.2 Å². The van der Waals surface area contributed by atoms with E-state index in [0.717, 1.165) is 16.7 Å². The molecule has 0 saturated heterocycles. The number of thiophene rings is 1. The van der Waals surface area contributed by atoms with Gasteiger partial charge >= 0.3 is 5.97 Å². The van der Waals surface area contributed by atoms with Crippen molar-refractivity contribution >= 4 is 33.3 Å². The molecule has 0 aliphatic carbocycles. The van der Waals surface area contributed by atoms with E-state index < -0.39 is 5.97 Å². The molecule has 0 saturated carbocycles. The summed E-state index contributed by atoms with van der Waals surface area (Å²) in [5.74, 6) is 0.358. The summed E-state index contributed by atoms with van der Waals surface area (Å²) in [6, 6.07) is 3.65. The number of pyridine rings is 1. The van der Waals surface area contributed by atoms with Gasteiger partial charge in [0.25, 0.3) is 0 Å². The molecule has 7 nitrogen and oxygen atoms in total. The van der Waals surface area contributed by atoms with E-state index in [1.165, 1.54) is 6.33 Å². The third-order valence-electron chi connectivity index (χ3n) is 3.45. The van der Waals surface area contributed by atoms with Gasteiger partial charge in [-0.1, -0.05) is 0 Å². The number of nitrogens with zero attached hydrogens (tertiary/aromatic N) is 3. The van der Waals surface area contributed by atoms with Crippen molar-refractivity contribution in [1.29, 1.82) is 0 Å². The summed E-state index contributed by atoms with van der Waals surface area (Å²) in [6.45, 7) is 4.21. The van der Waals surface area contributed by atoms with Crippen molar-refractivity contribution in [3.63, 3.8) is 0 Å². The number of carbonyl (C=O) groups is 1. The monoisotopic (exact) mass is 344 g/mol. The molecule has 3 rings (SSSR count). The number of fused-ring (bicyclic) bond motifs is 1. The van der Waals surface area contributed by atoms with Crippen molar-refractivity contribution in [3.8, 4) is 5.75 Å². The Morgan fingerprint density at radius 2 is 2.29 bits per heavy atom. The molecule has 3 aromatic rings. The van der Waals surface area contributed by atoms with E-state index in [2.05, 4.69) is 20.3 Å². The van der Waals surface area contributed by atoms with E-state index >= 15 is 0 Å². The number of nitrogens with one attached hydrogen (secondary N) is 1. The summed E-state index contributed by atoms with van der Waals surface area (Å²) in [5, 5.41) is 13.2. The summed E-state index contributed by atoms with van der Waals surface area (Å²) in [6.07, 6.45) is 4.66. The van der Waals surface area contributed by atoms with Gasteiger partial charge in [0.15, 0.2) is 0 Å². The van der Waals surface area contributed by atoms with Crippen molar-refractivity contribution in [2.75, 3.05) is 11.9 Å². The van der Waals surface area contributed by atoms with Gasteiger partial charge in [0.2, 0.25) is 0 Å². The second-order valence-electron chi connectivity index (χ2n) is 5.26. The molecule has 1 atom stereocenters. The predicted octanol–water partition coefficient (Wildman–Crippen LogP) is 2.97. The highest BCUT2D eigenvalue weighted by atomic mass is 32.1. The van der Waals surface area contributed by atoms with E-state index in [0.29, 0.717) is 28.5 Å². The lowest BCUT2D eigenvalue weighted by atomic mass is 10.2. The highest BCUT2D eigenvalue weighted by Crippen LogP contribution is 2.33. The Balaban J connectivity index is 1.76. The van der Waals surface area contributed by atoms with E-state index in [-0.39, 0.29) is 11.0 Å². The van der Waals surface area contributed by atoms with Gasteiger partial charge in [-0.3, -0.25) is 4.98 Å². The van der Waals surface area contributed by atoms with E-state index in [9.17, 15) is 9.90 Å². The molecule has 0 fully saturated rings. The standard InChI is InChI=1S/C16H16N4O3S/c1-9(23-11-4-3-5-17-7-11)6-18-14-12-10(2)13(16(21)22)24-15(12)20-8-19-14/h3-5,7-9H,6H2,1-2H3,(H,21,22)(H,18,19,20)/t9-/m1/s1. The van der Waals surface area contributed by atoms with Crippen LogP contribution in [0.3, 0.4) is 0 Å². The number of rotatable bonds is 6. The second-order valence-corrected chi connectivity index (χ2v) is 6.26. The molecular formula is C16H16N4O3S. The summed E-state index contributed by atoms with van der Waals surface area (Å²) < 4.78 is 5.76. The Labute approximate surface area is 142 Å². The molecule has 2 N–H and O–H groups in total. The van der Waals surface area contributed by atoms with Crippen LogP contribution in [-0.4, -0.2) is 38.7 Å². The summed E-state index contributed by atoms with van der Waals surface area (Å²) in [7, 11) is 0. The maximum Gasteiger partial charge on any atom is 0.346 e. The number of anilines is 1. The van der Waals surface area contributed by atoms with Crippen LogP contribution < -0.4 is 10.1 Å². The molecule has 0 aromatic carbocycles. The number of carboxylic acid groups (broad SMARTS) is 1. The summed E-state index contributed by atoms with van der Waals surface area (Å²) in [4.78, 5) is 24.6. The van der Waals surface area contributed by atoms with E-state index in [1.807, 2.05) is 19.1 Å². The van der Waals surface area contributed by atoms with Crippen LogP contribution in [0.1, 0.15) is 22.2 Å². The van der Waals surface area contributed by atoms with Crippen LogP contribution in [-0.2, 0) is 0 Å². The van der Waals surface area contributed by atoms with Gasteiger partial charge in [-0.25, -0.2) is 14.8 Å². The molecular weight excluding hydrogens is 328 g/mol. The van der Waals surface area contributed by atoms with Gasteiger partial charge in [-0.2, -0.15) is 0 Å². The Kier molecular flexibility index (Phi) is 4.57. The average molecular weight is 344 g/mol. The lowest BCUT2D eigenvalue weighted by Crippen LogP contribution is -2.23. The molecule has 0 aliphatic rings. The third-order valence-corrected chi connectivity index (χ3v) is 4.64. The molecule has 24 heavy (non-hydrogen) atoms. The molecule has 3 heterocycles. The first-order chi connectivity index (χ1) is 11.6. The van der Waals surface area contributed by atoms with Crippen LogP contribution in [0.2, 0.25) is 0 Å². The number of hydrogen-bond acceptors (Lipinski definition) is 7. The number of hydrogen-bond donors (Lipinski definition) is 2. The molecule has 0 bridgehead atoms. The molecule has 0 spiro atoms. The minimum atomic E-state index is -0.949. The fourth-order valence-corrected chi connectivity index (χ4v) is 3.33. The Morgan fingerprint density at radius 1 is 1.46 bits per heavy atom. The van der Waals surface area contributed by atoms with Crippen LogP contribution in [0.25, 0.3) is 10.2 Å². The quantitative estimate of drug-likeness (QED) is 0.709. The first-order valence-corrected chi connectivity index (χ1v) is 8.16. The lowest BCUT2D eigenvalue weighted by Gasteiger charge is -2.15. The van der Waals surface area contributed by atoms with E-state index in [1.54, 1.807) is 19.3 Å².